The molecule has 0 unspecified atom stereocenters. The highest BCUT2D eigenvalue weighted by atomic mass is 19.2. The normalized spacial score (nSPS) is 9.94. The summed E-state index contributed by atoms with van der Waals surface area (Å²) >= 11 is 0. The third-order valence-corrected chi connectivity index (χ3v) is 4.44. The van der Waals surface area contributed by atoms with Gasteiger partial charge in [0.15, 0.2) is 17.5 Å². The van der Waals surface area contributed by atoms with Gasteiger partial charge >= 0.3 is 0 Å². The molecule has 0 aliphatic heterocycles. The lowest BCUT2D eigenvalue weighted by Gasteiger charge is -2.05. The van der Waals surface area contributed by atoms with E-state index in [1.807, 2.05) is 36.4 Å². The van der Waals surface area contributed by atoms with E-state index in [2.05, 4.69) is 30.6 Å². The van der Waals surface area contributed by atoms with Gasteiger partial charge in [-0.15, -0.1) is 0 Å². The van der Waals surface area contributed by atoms with E-state index in [4.69, 9.17) is 4.74 Å². The Labute approximate surface area is 180 Å². The van der Waals surface area contributed by atoms with Gasteiger partial charge in [0.1, 0.15) is 5.75 Å². The molecule has 0 aliphatic carbocycles. The number of unbranched alkanes of at least 4 members (excludes halogenated alkanes) is 2. The van der Waals surface area contributed by atoms with Crippen LogP contribution in [-0.4, -0.2) is 6.61 Å². The number of ether oxygens (including phenoxy) is 1. The molecule has 0 N–H and O–H groups in total. The third kappa shape index (κ3) is 6.69. The topological polar surface area (TPSA) is 9.23 Å². The average Bonchev–Trinajstić information content (AvgIpc) is 2.79. The smallest absolute Gasteiger partial charge is 0.194 e. The van der Waals surface area contributed by atoms with Crippen molar-refractivity contribution in [1.29, 1.82) is 0 Å². The van der Waals surface area contributed by atoms with Crippen LogP contribution in [0.1, 0.15) is 48.4 Å². The van der Waals surface area contributed by atoms with Gasteiger partial charge < -0.3 is 4.74 Å². The van der Waals surface area contributed by atoms with E-state index in [9.17, 15) is 13.2 Å². The van der Waals surface area contributed by atoms with Gasteiger partial charge in [-0.3, -0.25) is 0 Å². The molecule has 0 radical (unpaired) electrons. The second kappa shape index (κ2) is 11.0. The molecule has 31 heavy (non-hydrogen) atoms. The third-order valence-electron chi connectivity index (χ3n) is 4.44. The molecule has 0 spiro atoms. The van der Waals surface area contributed by atoms with Crippen molar-refractivity contribution >= 4 is 0 Å². The van der Waals surface area contributed by atoms with Crippen LogP contribution in [0.15, 0.2) is 60.7 Å². The van der Waals surface area contributed by atoms with Crippen LogP contribution in [0.25, 0.3) is 0 Å². The van der Waals surface area contributed by atoms with Gasteiger partial charge in [0, 0.05) is 22.3 Å². The molecule has 4 heteroatoms. The van der Waals surface area contributed by atoms with Crippen molar-refractivity contribution < 1.29 is 17.9 Å². The summed E-state index contributed by atoms with van der Waals surface area (Å²) in [4.78, 5) is 0. The molecule has 3 aromatic carbocycles. The van der Waals surface area contributed by atoms with Crippen LogP contribution in [0.4, 0.5) is 13.2 Å². The zero-order valence-corrected chi connectivity index (χ0v) is 17.1. The molecular weight excluding hydrogens is 397 g/mol. The molecule has 0 aromatic heterocycles. The molecule has 0 saturated carbocycles. The molecule has 156 valence electrons. The van der Waals surface area contributed by atoms with Crippen LogP contribution in [0.5, 0.6) is 5.75 Å². The Morgan fingerprint density at radius 2 is 1.10 bits per heavy atom. The average molecular weight is 418 g/mol. The molecule has 0 saturated heterocycles. The lowest BCUT2D eigenvalue weighted by molar-refractivity contribution is 0.306. The maximum absolute atomic E-state index is 13.2. The van der Waals surface area contributed by atoms with Crippen molar-refractivity contribution in [3.63, 3.8) is 0 Å². The van der Waals surface area contributed by atoms with Crippen molar-refractivity contribution in [2.24, 2.45) is 0 Å². The molecule has 3 rings (SSSR count). The van der Waals surface area contributed by atoms with Crippen LogP contribution in [0, 0.1) is 41.1 Å². The summed E-state index contributed by atoms with van der Waals surface area (Å²) in [7, 11) is 0. The zero-order valence-electron chi connectivity index (χ0n) is 17.1. The number of benzene rings is 3. The number of halogens is 3. The SMILES string of the molecule is CCCCCOc1ccc(C#Cc2ccc(C#Cc3cc(F)c(F)c(F)c3)cc2)cc1. The van der Waals surface area contributed by atoms with Crippen LogP contribution in [0.3, 0.4) is 0 Å². The molecule has 0 atom stereocenters. The predicted octanol–water partition coefficient (Wildman–Crippen LogP) is 6.47. The van der Waals surface area contributed by atoms with Gasteiger partial charge in [-0.25, -0.2) is 13.2 Å². The number of rotatable bonds is 5. The Bertz CT molecular complexity index is 1120. The largest absolute Gasteiger partial charge is 0.494 e. The lowest BCUT2D eigenvalue weighted by atomic mass is 10.1. The molecule has 0 heterocycles. The molecule has 0 fully saturated rings. The maximum atomic E-state index is 13.2. The lowest BCUT2D eigenvalue weighted by Crippen LogP contribution is -1.96. The fourth-order valence-electron chi connectivity index (χ4n) is 2.73. The highest BCUT2D eigenvalue weighted by Crippen LogP contribution is 2.14. The predicted molar refractivity (Wildman–Crippen MR) is 116 cm³/mol. The van der Waals surface area contributed by atoms with E-state index in [0.29, 0.717) is 5.56 Å². The molecule has 1 nitrogen and oxygen atoms in total. The standard InChI is InChI=1S/C27H21F3O/c1-2-3-4-17-31-24-15-13-22(14-16-24)10-9-20-5-7-21(8-6-20)11-12-23-18-25(28)27(30)26(29)19-23/h5-8,13-16,18-19H,2-4,17H2,1H3. The first-order valence-corrected chi connectivity index (χ1v) is 10.1. The second-order valence-corrected chi connectivity index (χ2v) is 6.91. The minimum Gasteiger partial charge on any atom is -0.494 e. The van der Waals surface area contributed by atoms with E-state index < -0.39 is 17.5 Å². The fraction of sp³-hybridized carbons (Fsp3) is 0.185. The first kappa shape index (κ1) is 22.1. The summed E-state index contributed by atoms with van der Waals surface area (Å²) in [6.07, 6.45) is 3.38. The van der Waals surface area contributed by atoms with E-state index in [1.165, 1.54) is 6.42 Å². The molecule has 0 bridgehead atoms. The maximum Gasteiger partial charge on any atom is 0.194 e. The number of hydrogen-bond acceptors (Lipinski definition) is 1. The Hall–Kier alpha value is -3.63. The summed E-state index contributed by atoms with van der Waals surface area (Å²) in [5, 5.41) is 0. The molecule has 3 aromatic rings. The van der Waals surface area contributed by atoms with Crippen molar-refractivity contribution in [1.82, 2.24) is 0 Å². The van der Waals surface area contributed by atoms with Gasteiger partial charge in [0.25, 0.3) is 0 Å². The van der Waals surface area contributed by atoms with Gasteiger partial charge in [-0.05, 0) is 67.1 Å². The first-order chi connectivity index (χ1) is 15.0. The highest BCUT2D eigenvalue weighted by Gasteiger charge is 2.09. The highest BCUT2D eigenvalue weighted by molar-refractivity contribution is 5.48. The van der Waals surface area contributed by atoms with Crippen molar-refractivity contribution in [3.05, 3.63) is 100 Å². The molecule has 0 amide bonds. The van der Waals surface area contributed by atoms with E-state index in [0.717, 1.165) is 48.5 Å². The Balaban J connectivity index is 1.61. The van der Waals surface area contributed by atoms with Gasteiger partial charge in [0.2, 0.25) is 0 Å². The quantitative estimate of drug-likeness (QED) is 0.262. The van der Waals surface area contributed by atoms with Gasteiger partial charge in [-0.1, -0.05) is 43.4 Å². The van der Waals surface area contributed by atoms with Crippen LogP contribution in [0.2, 0.25) is 0 Å². The van der Waals surface area contributed by atoms with E-state index >= 15 is 0 Å². The minimum absolute atomic E-state index is 0.0676. The fourth-order valence-corrected chi connectivity index (χ4v) is 2.73. The first-order valence-electron chi connectivity index (χ1n) is 10.1. The zero-order chi connectivity index (χ0) is 22.1. The summed E-state index contributed by atoms with van der Waals surface area (Å²) in [5.41, 5.74) is 2.41. The molecule has 0 aliphatic rings. The van der Waals surface area contributed by atoms with Crippen molar-refractivity contribution in [2.45, 2.75) is 26.2 Å². The van der Waals surface area contributed by atoms with E-state index in [1.54, 1.807) is 12.1 Å². The van der Waals surface area contributed by atoms with Crippen molar-refractivity contribution in [2.75, 3.05) is 6.61 Å². The summed E-state index contributed by atoms with van der Waals surface area (Å²) in [6.45, 7) is 2.88. The van der Waals surface area contributed by atoms with Gasteiger partial charge in [-0.2, -0.15) is 0 Å². The Kier molecular flexibility index (Phi) is 7.79. The summed E-state index contributed by atoms with van der Waals surface area (Å²) < 4.78 is 45.2. The van der Waals surface area contributed by atoms with Gasteiger partial charge in [0.05, 0.1) is 6.61 Å². The van der Waals surface area contributed by atoms with Crippen molar-refractivity contribution in [3.8, 4) is 29.4 Å². The Morgan fingerprint density at radius 3 is 1.58 bits per heavy atom. The molecular formula is C27H21F3O. The minimum atomic E-state index is -1.50. The summed E-state index contributed by atoms with van der Waals surface area (Å²) in [6, 6.07) is 16.6. The second-order valence-electron chi connectivity index (χ2n) is 6.91. The van der Waals surface area contributed by atoms with Crippen LogP contribution < -0.4 is 4.74 Å². The monoisotopic (exact) mass is 418 g/mol. The van der Waals surface area contributed by atoms with Crippen LogP contribution >= 0.6 is 0 Å². The van der Waals surface area contributed by atoms with Crippen LogP contribution in [-0.2, 0) is 0 Å². The Morgan fingerprint density at radius 1 is 0.645 bits per heavy atom. The summed E-state index contributed by atoms with van der Waals surface area (Å²) in [5.74, 6) is 8.43. The number of hydrogen-bond donors (Lipinski definition) is 0. The van der Waals surface area contributed by atoms with E-state index in [-0.39, 0.29) is 5.56 Å².